The molecule has 0 bridgehead atoms. The van der Waals surface area contributed by atoms with Crippen LogP contribution in [0.15, 0.2) is 0 Å². The zero-order valence-electron chi connectivity index (χ0n) is 10.9. The molecule has 1 saturated carbocycles. The van der Waals surface area contributed by atoms with Crippen LogP contribution in [0.4, 0.5) is 0 Å². The minimum Gasteiger partial charge on any atom is -0.392 e. The first-order valence-corrected chi connectivity index (χ1v) is 6.97. The van der Waals surface area contributed by atoms with Crippen molar-refractivity contribution in [3.63, 3.8) is 0 Å². The van der Waals surface area contributed by atoms with Crippen LogP contribution in [0.1, 0.15) is 51.4 Å². The fraction of sp³-hybridized carbons (Fsp3) is 0.923. The van der Waals surface area contributed by atoms with Crippen LogP contribution in [-0.2, 0) is 4.79 Å². The van der Waals surface area contributed by atoms with E-state index >= 15 is 0 Å². The van der Waals surface area contributed by atoms with Gasteiger partial charge in [-0.2, -0.15) is 0 Å². The number of β-amino-alcohol motifs (C(OH)–C–C–N with tert-alkyl or cyclic N) is 1. The standard InChI is InChI=1S/C13H24N2O2.ClH/c16-11-8-12(14-9-11)13(17)15-10-6-4-2-1-3-5-7-10;/h10-12,14,16H,1-9H2,(H,15,17);1H. The molecule has 2 unspecified atom stereocenters. The van der Waals surface area contributed by atoms with Gasteiger partial charge in [-0.05, 0) is 19.3 Å². The number of halogens is 1. The van der Waals surface area contributed by atoms with Gasteiger partial charge < -0.3 is 15.7 Å². The van der Waals surface area contributed by atoms with Crippen LogP contribution in [0.25, 0.3) is 0 Å². The number of aliphatic hydroxyl groups excluding tert-OH is 1. The smallest absolute Gasteiger partial charge is 0.237 e. The molecule has 106 valence electrons. The molecule has 2 rings (SSSR count). The highest BCUT2D eigenvalue weighted by atomic mass is 35.5. The lowest BCUT2D eigenvalue weighted by Gasteiger charge is -2.22. The number of hydrogen-bond donors (Lipinski definition) is 3. The van der Waals surface area contributed by atoms with Crippen molar-refractivity contribution in [3.8, 4) is 0 Å². The molecule has 0 aromatic heterocycles. The third kappa shape index (κ3) is 4.75. The molecule has 2 atom stereocenters. The van der Waals surface area contributed by atoms with Gasteiger partial charge in [0.05, 0.1) is 12.1 Å². The van der Waals surface area contributed by atoms with Crippen LogP contribution in [-0.4, -0.2) is 35.7 Å². The van der Waals surface area contributed by atoms with Gasteiger partial charge in [-0.15, -0.1) is 12.4 Å². The van der Waals surface area contributed by atoms with E-state index in [0.717, 1.165) is 12.8 Å². The van der Waals surface area contributed by atoms with Gasteiger partial charge in [-0.3, -0.25) is 4.79 Å². The first-order valence-electron chi connectivity index (χ1n) is 6.97. The van der Waals surface area contributed by atoms with Crippen molar-refractivity contribution < 1.29 is 9.90 Å². The molecular formula is C13H25ClN2O2. The summed E-state index contributed by atoms with van der Waals surface area (Å²) in [6.07, 6.45) is 8.82. The van der Waals surface area contributed by atoms with Crippen molar-refractivity contribution in [2.45, 2.75) is 69.6 Å². The Morgan fingerprint density at radius 3 is 2.28 bits per heavy atom. The highest BCUT2D eigenvalue weighted by Gasteiger charge is 2.29. The first kappa shape index (κ1) is 15.7. The van der Waals surface area contributed by atoms with Crippen molar-refractivity contribution in [2.75, 3.05) is 6.54 Å². The summed E-state index contributed by atoms with van der Waals surface area (Å²) in [6, 6.07) is 0.165. The second-order valence-corrected chi connectivity index (χ2v) is 5.40. The lowest BCUT2D eigenvalue weighted by molar-refractivity contribution is -0.123. The van der Waals surface area contributed by atoms with Crippen molar-refractivity contribution >= 4 is 18.3 Å². The molecule has 4 nitrogen and oxygen atoms in total. The molecule has 1 aliphatic carbocycles. The Labute approximate surface area is 115 Å². The lowest BCUT2D eigenvalue weighted by atomic mass is 9.96. The number of carbonyl (C=O) groups excluding carboxylic acids is 1. The van der Waals surface area contributed by atoms with Gasteiger partial charge in [-0.1, -0.05) is 32.1 Å². The predicted octanol–water partition coefficient (Wildman–Crippen LogP) is 1.36. The van der Waals surface area contributed by atoms with Crippen LogP contribution in [0, 0.1) is 0 Å². The minimum atomic E-state index is -0.358. The molecule has 5 heteroatoms. The molecule has 1 amide bonds. The Kier molecular flexibility index (Phi) is 6.97. The van der Waals surface area contributed by atoms with Gasteiger partial charge in [0.25, 0.3) is 0 Å². The Morgan fingerprint density at radius 2 is 1.72 bits per heavy atom. The summed E-state index contributed by atoms with van der Waals surface area (Å²) in [4.78, 5) is 12.0. The maximum Gasteiger partial charge on any atom is 0.237 e. The number of aliphatic hydroxyl groups is 1. The SMILES string of the molecule is Cl.O=C(NC1CCCCCCC1)C1CC(O)CN1. The van der Waals surface area contributed by atoms with Crippen LogP contribution in [0.5, 0.6) is 0 Å². The van der Waals surface area contributed by atoms with E-state index in [1.54, 1.807) is 0 Å². The number of amides is 1. The van der Waals surface area contributed by atoms with E-state index in [-0.39, 0.29) is 30.5 Å². The van der Waals surface area contributed by atoms with Gasteiger partial charge in [0.1, 0.15) is 0 Å². The highest BCUT2D eigenvalue weighted by Crippen LogP contribution is 2.17. The zero-order chi connectivity index (χ0) is 12.1. The largest absolute Gasteiger partial charge is 0.392 e. The Morgan fingerprint density at radius 1 is 1.11 bits per heavy atom. The Hall–Kier alpha value is -0.320. The molecule has 1 aliphatic heterocycles. The second kappa shape index (κ2) is 7.97. The maximum absolute atomic E-state index is 12.0. The highest BCUT2D eigenvalue weighted by molar-refractivity contribution is 5.85. The van der Waals surface area contributed by atoms with E-state index in [2.05, 4.69) is 10.6 Å². The van der Waals surface area contributed by atoms with Gasteiger partial charge in [-0.25, -0.2) is 0 Å². The van der Waals surface area contributed by atoms with E-state index < -0.39 is 0 Å². The maximum atomic E-state index is 12.0. The number of carbonyl (C=O) groups is 1. The molecule has 18 heavy (non-hydrogen) atoms. The van der Waals surface area contributed by atoms with Crippen LogP contribution in [0.3, 0.4) is 0 Å². The van der Waals surface area contributed by atoms with Crippen LogP contribution < -0.4 is 10.6 Å². The van der Waals surface area contributed by atoms with Crippen molar-refractivity contribution in [1.82, 2.24) is 10.6 Å². The van der Waals surface area contributed by atoms with E-state index in [1.165, 1.54) is 32.1 Å². The molecule has 1 saturated heterocycles. The summed E-state index contributed by atoms with van der Waals surface area (Å²) in [6.45, 7) is 0.544. The molecule has 2 fully saturated rings. The summed E-state index contributed by atoms with van der Waals surface area (Å²) >= 11 is 0. The number of hydrogen-bond acceptors (Lipinski definition) is 3. The molecule has 0 aromatic rings. The molecule has 3 N–H and O–H groups in total. The molecule has 0 spiro atoms. The van der Waals surface area contributed by atoms with E-state index in [1.807, 2.05) is 0 Å². The normalized spacial score (nSPS) is 30.1. The van der Waals surface area contributed by atoms with Crippen LogP contribution >= 0.6 is 12.4 Å². The van der Waals surface area contributed by atoms with Gasteiger partial charge in [0, 0.05) is 12.6 Å². The first-order chi connectivity index (χ1) is 8.25. The molecule has 2 aliphatic rings. The average molecular weight is 277 g/mol. The summed E-state index contributed by atoms with van der Waals surface area (Å²) in [5.41, 5.74) is 0. The summed E-state index contributed by atoms with van der Waals surface area (Å²) in [5.74, 6) is 0.0760. The van der Waals surface area contributed by atoms with Gasteiger partial charge in [0.15, 0.2) is 0 Å². The molecular weight excluding hydrogens is 252 g/mol. The third-order valence-corrected chi connectivity index (χ3v) is 3.88. The lowest BCUT2D eigenvalue weighted by Crippen LogP contribution is -2.45. The third-order valence-electron chi connectivity index (χ3n) is 3.88. The molecule has 1 heterocycles. The van der Waals surface area contributed by atoms with Gasteiger partial charge >= 0.3 is 0 Å². The fourth-order valence-corrected chi connectivity index (χ4v) is 2.82. The van der Waals surface area contributed by atoms with Crippen molar-refractivity contribution in [3.05, 3.63) is 0 Å². The monoisotopic (exact) mass is 276 g/mol. The zero-order valence-corrected chi connectivity index (χ0v) is 11.7. The quantitative estimate of drug-likeness (QED) is 0.714. The fourth-order valence-electron chi connectivity index (χ4n) is 2.82. The Bertz CT molecular complexity index is 255. The summed E-state index contributed by atoms with van der Waals surface area (Å²) < 4.78 is 0. The van der Waals surface area contributed by atoms with E-state index in [0.29, 0.717) is 19.0 Å². The average Bonchev–Trinajstić information content (AvgIpc) is 2.68. The predicted molar refractivity (Wildman–Crippen MR) is 73.9 cm³/mol. The number of rotatable bonds is 2. The van der Waals surface area contributed by atoms with Crippen molar-refractivity contribution in [1.29, 1.82) is 0 Å². The van der Waals surface area contributed by atoms with Crippen molar-refractivity contribution in [2.24, 2.45) is 0 Å². The Balaban J connectivity index is 0.00000162. The topological polar surface area (TPSA) is 61.4 Å². The molecule has 0 radical (unpaired) electrons. The van der Waals surface area contributed by atoms with Gasteiger partial charge in [0.2, 0.25) is 5.91 Å². The van der Waals surface area contributed by atoms with E-state index in [9.17, 15) is 9.90 Å². The van der Waals surface area contributed by atoms with Crippen LogP contribution in [0.2, 0.25) is 0 Å². The van der Waals surface area contributed by atoms with E-state index in [4.69, 9.17) is 0 Å². The second-order valence-electron chi connectivity index (χ2n) is 5.40. The number of nitrogens with one attached hydrogen (secondary N) is 2. The minimum absolute atomic E-state index is 0. The molecule has 0 aromatic carbocycles. The summed E-state index contributed by atoms with van der Waals surface area (Å²) in [5, 5.41) is 15.6. The summed E-state index contributed by atoms with van der Waals surface area (Å²) in [7, 11) is 0.